The molecule has 2 aromatic carbocycles. The highest BCUT2D eigenvalue weighted by atomic mass is 16.5. The van der Waals surface area contributed by atoms with Gasteiger partial charge in [0.05, 0.1) is 31.9 Å². The van der Waals surface area contributed by atoms with Crippen LogP contribution in [-0.2, 0) is 4.79 Å². The van der Waals surface area contributed by atoms with Gasteiger partial charge in [-0.3, -0.25) is 9.78 Å². The second kappa shape index (κ2) is 9.91. The number of nitrogens with zero attached hydrogens (tertiary/aromatic N) is 4. The Balaban J connectivity index is 1.38. The van der Waals surface area contributed by atoms with Crippen molar-refractivity contribution < 1.29 is 19.0 Å². The van der Waals surface area contributed by atoms with Crippen molar-refractivity contribution in [3.63, 3.8) is 0 Å². The Morgan fingerprint density at radius 3 is 2.72 bits per heavy atom. The van der Waals surface area contributed by atoms with E-state index < -0.39 is 0 Å². The van der Waals surface area contributed by atoms with Crippen molar-refractivity contribution in [2.75, 3.05) is 25.5 Å². The van der Waals surface area contributed by atoms with E-state index in [1.165, 1.54) is 12.4 Å². The molecule has 182 valence electrons. The maximum Gasteiger partial charge on any atom is 0.246 e. The van der Waals surface area contributed by atoms with Gasteiger partial charge >= 0.3 is 0 Å². The summed E-state index contributed by atoms with van der Waals surface area (Å²) in [6.45, 7) is 6.49. The highest BCUT2D eigenvalue weighted by molar-refractivity contribution is 5.93. The molecule has 2 aromatic heterocycles. The first kappa shape index (κ1) is 23.1. The molecule has 0 spiro atoms. The van der Waals surface area contributed by atoms with Crippen LogP contribution < -0.4 is 19.5 Å². The molecule has 1 fully saturated rings. The number of hydrogen-bond acceptors (Lipinski definition) is 8. The van der Waals surface area contributed by atoms with Gasteiger partial charge in [-0.1, -0.05) is 6.58 Å². The molecule has 0 bridgehead atoms. The summed E-state index contributed by atoms with van der Waals surface area (Å²) in [5.41, 5.74) is 2.51. The maximum atomic E-state index is 11.7. The topological polar surface area (TPSA) is 98.7 Å². The van der Waals surface area contributed by atoms with Gasteiger partial charge in [-0.15, -0.1) is 0 Å². The van der Waals surface area contributed by atoms with Crippen molar-refractivity contribution in [2.45, 2.75) is 13.0 Å². The lowest BCUT2D eigenvalue weighted by Crippen LogP contribution is -2.55. The Hall–Kier alpha value is -4.66. The third kappa shape index (κ3) is 4.76. The summed E-state index contributed by atoms with van der Waals surface area (Å²) in [6.07, 6.45) is 6.06. The summed E-state index contributed by atoms with van der Waals surface area (Å²) in [5, 5.41) is 4.15. The van der Waals surface area contributed by atoms with Crippen molar-refractivity contribution in [2.24, 2.45) is 0 Å². The summed E-state index contributed by atoms with van der Waals surface area (Å²) in [6, 6.07) is 13.2. The highest BCUT2D eigenvalue weighted by Crippen LogP contribution is 2.36. The zero-order valence-corrected chi connectivity index (χ0v) is 20.0. The molecule has 0 unspecified atom stereocenters. The Morgan fingerprint density at radius 2 is 2.00 bits per heavy atom. The number of aromatic nitrogens is 3. The van der Waals surface area contributed by atoms with E-state index in [0.29, 0.717) is 41.7 Å². The number of fused-ring (bicyclic) bond motifs is 1. The number of hydrogen-bond donors (Lipinski definition) is 1. The predicted molar refractivity (Wildman–Crippen MR) is 136 cm³/mol. The molecule has 5 rings (SSSR count). The molecular weight excluding hydrogens is 458 g/mol. The molecule has 1 N–H and O–H groups in total. The zero-order valence-electron chi connectivity index (χ0n) is 20.0. The average Bonchev–Trinajstić information content (AvgIpc) is 2.87. The van der Waals surface area contributed by atoms with E-state index in [-0.39, 0.29) is 12.0 Å². The van der Waals surface area contributed by atoms with Crippen molar-refractivity contribution in [3.05, 3.63) is 79.4 Å². The van der Waals surface area contributed by atoms with E-state index in [1.54, 1.807) is 24.4 Å². The number of ether oxygens (including phenoxy) is 3. The second-order valence-electron chi connectivity index (χ2n) is 8.33. The van der Waals surface area contributed by atoms with Crippen LogP contribution in [0, 0.1) is 6.92 Å². The number of methoxy groups -OCH3 is 1. The number of nitrogens with one attached hydrogen (secondary N) is 1. The molecule has 36 heavy (non-hydrogen) atoms. The summed E-state index contributed by atoms with van der Waals surface area (Å²) in [4.78, 5) is 26.3. The molecule has 9 heteroatoms. The van der Waals surface area contributed by atoms with Gasteiger partial charge in [-0.25, -0.2) is 9.97 Å². The van der Waals surface area contributed by atoms with E-state index in [4.69, 9.17) is 14.2 Å². The van der Waals surface area contributed by atoms with Crippen LogP contribution >= 0.6 is 0 Å². The van der Waals surface area contributed by atoms with Gasteiger partial charge in [0.15, 0.2) is 11.5 Å². The number of amides is 1. The summed E-state index contributed by atoms with van der Waals surface area (Å²) in [5.74, 6) is 3.07. The lowest BCUT2D eigenvalue weighted by Gasteiger charge is -2.38. The van der Waals surface area contributed by atoms with Gasteiger partial charge in [0.2, 0.25) is 5.91 Å². The fourth-order valence-electron chi connectivity index (χ4n) is 3.93. The average molecular weight is 484 g/mol. The summed E-state index contributed by atoms with van der Waals surface area (Å²) < 4.78 is 17.6. The van der Waals surface area contributed by atoms with Crippen molar-refractivity contribution in [1.82, 2.24) is 19.9 Å². The zero-order chi connectivity index (χ0) is 25.1. The first-order valence-corrected chi connectivity index (χ1v) is 11.4. The largest absolute Gasteiger partial charge is 0.493 e. The number of carbonyl (C=O) groups excluding carboxylic acids is 1. The molecule has 9 nitrogen and oxygen atoms in total. The van der Waals surface area contributed by atoms with E-state index in [9.17, 15) is 4.79 Å². The SMILES string of the molecule is C=CC(=O)N1CC(Oc2cc3c(Nc4ccc(Oc5cccnc5)c(C)c4)ncnc3cc2OC)C1. The van der Waals surface area contributed by atoms with Gasteiger partial charge in [-0.2, -0.15) is 0 Å². The Morgan fingerprint density at radius 1 is 1.14 bits per heavy atom. The number of pyridine rings is 1. The number of aryl methyl sites for hydroxylation is 1. The quantitative estimate of drug-likeness (QED) is 0.362. The van der Waals surface area contributed by atoms with Gasteiger partial charge in [0.25, 0.3) is 0 Å². The third-order valence-corrected chi connectivity index (χ3v) is 5.85. The molecule has 0 radical (unpaired) electrons. The normalized spacial score (nSPS) is 13.1. The van der Waals surface area contributed by atoms with Crippen LogP contribution in [-0.4, -0.2) is 52.1 Å². The molecule has 1 aliphatic rings. The molecular formula is C27H25N5O4. The number of anilines is 2. The number of benzene rings is 2. The van der Waals surface area contributed by atoms with E-state index in [2.05, 4.69) is 26.8 Å². The van der Waals surface area contributed by atoms with Crippen molar-refractivity contribution in [3.8, 4) is 23.0 Å². The van der Waals surface area contributed by atoms with Gasteiger partial charge in [0, 0.05) is 23.3 Å². The first-order chi connectivity index (χ1) is 17.5. The number of likely N-dealkylation sites (tertiary alicyclic amines) is 1. The standard InChI is InChI=1S/C27H25N5O4/c1-4-26(33)32-14-20(15-32)36-25-11-21-22(12-24(25)34-3)29-16-30-27(21)31-18-7-8-23(17(2)10-18)35-19-6-5-9-28-13-19/h4-13,16,20H,1,14-15H2,2-3H3,(H,29,30,31). The van der Waals surface area contributed by atoms with Crippen LogP contribution in [0.4, 0.5) is 11.5 Å². The number of carbonyl (C=O) groups is 1. The first-order valence-electron chi connectivity index (χ1n) is 11.4. The number of rotatable bonds is 8. The monoisotopic (exact) mass is 483 g/mol. The van der Waals surface area contributed by atoms with Crippen molar-refractivity contribution in [1.29, 1.82) is 0 Å². The van der Waals surface area contributed by atoms with Crippen LogP contribution in [0.3, 0.4) is 0 Å². The highest BCUT2D eigenvalue weighted by Gasteiger charge is 2.31. The fraction of sp³-hybridized carbons (Fsp3) is 0.185. The minimum absolute atomic E-state index is 0.104. The van der Waals surface area contributed by atoms with Crippen LogP contribution in [0.2, 0.25) is 0 Å². The summed E-state index contributed by atoms with van der Waals surface area (Å²) >= 11 is 0. The molecule has 0 saturated carbocycles. The third-order valence-electron chi connectivity index (χ3n) is 5.85. The summed E-state index contributed by atoms with van der Waals surface area (Å²) in [7, 11) is 1.58. The van der Waals surface area contributed by atoms with E-state index in [1.807, 2.05) is 49.4 Å². The van der Waals surface area contributed by atoms with Crippen LogP contribution in [0.1, 0.15) is 5.56 Å². The smallest absolute Gasteiger partial charge is 0.246 e. The minimum atomic E-state index is -0.128. The molecule has 1 saturated heterocycles. The lowest BCUT2D eigenvalue weighted by molar-refractivity contribution is -0.134. The predicted octanol–water partition coefficient (Wildman–Crippen LogP) is 4.65. The Kier molecular flexibility index (Phi) is 6.36. The minimum Gasteiger partial charge on any atom is -0.493 e. The molecule has 4 aromatic rings. The van der Waals surface area contributed by atoms with Gasteiger partial charge in [-0.05, 0) is 55.0 Å². The molecule has 1 amide bonds. The maximum absolute atomic E-state index is 11.7. The molecule has 3 heterocycles. The van der Waals surface area contributed by atoms with Gasteiger partial charge in [0.1, 0.15) is 29.7 Å². The van der Waals surface area contributed by atoms with Crippen LogP contribution in [0.5, 0.6) is 23.0 Å². The Labute approximate surface area is 208 Å². The second-order valence-corrected chi connectivity index (χ2v) is 8.33. The van der Waals surface area contributed by atoms with Crippen LogP contribution in [0.15, 0.2) is 73.8 Å². The van der Waals surface area contributed by atoms with Crippen molar-refractivity contribution >= 4 is 28.3 Å². The van der Waals surface area contributed by atoms with E-state index >= 15 is 0 Å². The lowest BCUT2D eigenvalue weighted by atomic mass is 10.1. The van der Waals surface area contributed by atoms with Gasteiger partial charge < -0.3 is 24.4 Å². The van der Waals surface area contributed by atoms with Crippen LogP contribution in [0.25, 0.3) is 10.9 Å². The molecule has 0 aliphatic carbocycles. The molecule has 1 aliphatic heterocycles. The molecule has 0 atom stereocenters. The fourth-order valence-corrected chi connectivity index (χ4v) is 3.93. The van der Waals surface area contributed by atoms with E-state index in [0.717, 1.165) is 22.4 Å². The Bertz CT molecular complexity index is 1420.